The van der Waals surface area contributed by atoms with Gasteiger partial charge in [0.15, 0.2) is 11.5 Å². The number of hydrogen-bond donors (Lipinski definition) is 1. The van der Waals surface area contributed by atoms with E-state index < -0.39 is 6.16 Å². The minimum Gasteiger partial charge on any atom is -0.493 e. The zero-order chi connectivity index (χ0) is 25.2. The minimum absolute atomic E-state index is 0.0548. The SMILES string of the molecule is CCOC(=O)Oc1ccc(C(=O)N2CCC(CNC(=O)Cc3ccc(OC)c(OC)c3)CC2)cc1. The van der Waals surface area contributed by atoms with Gasteiger partial charge in [0.1, 0.15) is 5.75 Å². The molecule has 1 heterocycles. The molecule has 1 saturated heterocycles. The van der Waals surface area contributed by atoms with Crippen LogP contribution in [0.3, 0.4) is 0 Å². The molecule has 188 valence electrons. The summed E-state index contributed by atoms with van der Waals surface area (Å²) in [7, 11) is 3.14. The average Bonchev–Trinajstić information content (AvgIpc) is 2.88. The van der Waals surface area contributed by atoms with Crippen molar-refractivity contribution < 1.29 is 33.3 Å². The van der Waals surface area contributed by atoms with Crippen molar-refractivity contribution in [2.24, 2.45) is 5.92 Å². The molecule has 1 fully saturated rings. The van der Waals surface area contributed by atoms with E-state index in [1.807, 2.05) is 11.0 Å². The lowest BCUT2D eigenvalue weighted by Crippen LogP contribution is -2.41. The van der Waals surface area contributed by atoms with Crippen LogP contribution >= 0.6 is 0 Å². The van der Waals surface area contributed by atoms with Gasteiger partial charge in [0.2, 0.25) is 5.91 Å². The standard InChI is InChI=1S/C26H32N2O7/c1-4-34-26(31)35-21-8-6-20(7-9-21)25(30)28-13-11-18(12-14-28)17-27-24(29)16-19-5-10-22(32-2)23(15-19)33-3/h5-10,15,18H,4,11-14,16-17H2,1-3H3,(H,27,29). The normalized spacial score (nSPS) is 13.6. The number of nitrogens with zero attached hydrogens (tertiary/aromatic N) is 1. The van der Waals surface area contributed by atoms with Gasteiger partial charge in [-0.1, -0.05) is 6.07 Å². The van der Waals surface area contributed by atoms with Gasteiger partial charge < -0.3 is 29.2 Å². The zero-order valence-corrected chi connectivity index (χ0v) is 20.4. The van der Waals surface area contributed by atoms with Crippen LogP contribution in [0.2, 0.25) is 0 Å². The second-order valence-electron chi connectivity index (χ2n) is 8.22. The van der Waals surface area contributed by atoms with E-state index in [1.54, 1.807) is 57.5 Å². The lowest BCUT2D eigenvalue weighted by Gasteiger charge is -2.32. The van der Waals surface area contributed by atoms with E-state index in [4.69, 9.17) is 18.9 Å². The first-order valence-corrected chi connectivity index (χ1v) is 11.6. The lowest BCUT2D eigenvalue weighted by molar-refractivity contribution is -0.120. The molecule has 0 unspecified atom stereocenters. The van der Waals surface area contributed by atoms with E-state index >= 15 is 0 Å². The van der Waals surface area contributed by atoms with Crippen molar-refractivity contribution in [3.8, 4) is 17.2 Å². The Morgan fingerprint density at radius 2 is 1.66 bits per heavy atom. The number of hydrogen-bond acceptors (Lipinski definition) is 7. The Morgan fingerprint density at radius 1 is 0.971 bits per heavy atom. The van der Waals surface area contributed by atoms with Crippen LogP contribution in [0.15, 0.2) is 42.5 Å². The largest absolute Gasteiger partial charge is 0.513 e. The molecular formula is C26H32N2O7. The molecule has 2 amide bonds. The van der Waals surface area contributed by atoms with Crippen molar-refractivity contribution in [1.29, 1.82) is 0 Å². The highest BCUT2D eigenvalue weighted by atomic mass is 16.7. The number of rotatable bonds is 9. The molecule has 9 heteroatoms. The molecule has 9 nitrogen and oxygen atoms in total. The summed E-state index contributed by atoms with van der Waals surface area (Å²) in [6.45, 7) is 3.74. The lowest BCUT2D eigenvalue weighted by atomic mass is 9.96. The molecule has 0 atom stereocenters. The Labute approximate surface area is 205 Å². The van der Waals surface area contributed by atoms with Crippen molar-refractivity contribution in [3.05, 3.63) is 53.6 Å². The molecule has 35 heavy (non-hydrogen) atoms. The topological polar surface area (TPSA) is 103 Å². The monoisotopic (exact) mass is 484 g/mol. The van der Waals surface area contributed by atoms with E-state index in [1.165, 1.54) is 0 Å². The molecular weight excluding hydrogens is 452 g/mol. The van der Waals surface area contributed by atoms with Crippen molar-refractivity contribution >= 4 is 18.0 Å². The maximum Gasteiger partial charge on any atom is 0.513 e. The van der Waals surface area contributed by atoms with Gasteiger partial charge in [-0.3, -0.25) is 9.59 Å². The third-order valence-corrected chi connectivity index (χ3v) is 5.87. The van der Waals surface area contributed by atoms with Gasteiger partial charge in [-0.25, -0.2) is 4.79 Å². The quantitative estimate of drug-likeness (QED) is 0.429. The molecule has 1 aliphatic heterocycles. The second-order valence-corrected chi connectivity index (χ2v) is 8.22. The van der Waals surface area contributed by atoms with Crippen LogP contribution in [0.25, 0.3) is 0 Å². The fraction of sp³-hybridized carbons (Fsp3) is 0.423. The summed E-state index contributed by atoms with van der Waals surface area (Å²) in [6, 6.07) is 11.9. The van der Waals surface area contributed by atoms with Crippen LogP contribution < -0.4 is 19.5 Å². The van der Waals surface area contributed by atoms with Crippen LogP contribution in [0.1, 0.15) is 35.7 Å². The predicted octanol–water partition coefficient (Wildman–Crippen LogP) is 3.45. The third kappa shape index (κ3) is 7.37. The fourth-order valence-electron chi connectivity index (χ4n) is 3.93. The molecule has 0 bridgehead atoms. The van der Waals surface area contributed by atoms with Crippen molar-refractivity contribution in [2.45, 2.75) is 26.2 Å². The van der Waals surface area contributed by atoms with Gasteiger partial charge in [0.25, 0.3) is 5.91 Å². The molecule has 2 aromatic carbocycles. The van der Waals surface area contributed by atoms with Crippen LogP contribution in [-0.4, -0.2) is 63.3 Å². The smallest absolute Gasteiger partial charge is 0.493 e. The summed E-state index contributed by atoms with van der Waals surface area (Å²) in [4.78, 5) is 38.4. The number of amides is 2. The molecule has 2 aromatic rings. The first-order valence-electron chi connectivity index (χ1n) is 11.6. The Balaban J connectivity index is 1.42. The second kappa shape index (κ2) is 12.6. The summed E-state index contributed by atoms with van der Waals surface area (Å²) in [5.41, 5.74) is 1.38. The molecule has 0 aliphatic carbocycles. The van der Waals surface area contributed by atoms with Crippen molar-refractivity contribution in [1.82, 2.24) is 10.2 Å². The number of nitrogens with one attached hydrogen (secondary N) is 1. The van der Waals surface area contributed by atoms with Crippen molar-refractivity contribution in [2.75, 3.05) is 40.5 Å². The molecule has 0 saturated carbocycles. The van der Waals surface area contributed by atoms with Gasteiger partial charge in [-0.05, 0) is 67.6 Å². The van der Waals surface area contributed by atoms with Gasteiger partial charge >= 0.3 is 6.16 Å². The van der Waals surface area contributed by atoms with E-state index in [0.29, 0.717) is 48.4 Å². The van der Waals surface area contributed by atoms with E-state index in [0.717, 1.165) is 18.4 Å². The Hall–Kier alpha value is -3.75. The number of carbonyl (C=O) groups excluding carboxylic acids is 3. The number of carbonyl (C=O) groups is 3. The van der Waals surface area contributed by atoms with Crippen LogP contribution in [0.4, 0.5) is 4.79 Å². The van der Waals surface area contributed by atoms with E-state index in [2.05, 4.69) is 5.32 Å². The van der Waals surface area contributed by atoms with Crippen LogP contribution in [0.5, 0.6) is 17.2 Å². The fourth-order valence-corrected chi connectivity index (χ4v) is 3.93. The predicted molar refractivity (Wildman–Crippen MR) is 129 cm³/mol. The Bertz CT molecular complexity index is 1010. The number of benzene rings is 2. The zero-order valence-electron chi connectivity index (χ0n) is 20.4. The maximum atomic E-state index is 12.8. The Morgan fingerprint density at radius 3 is 2.29 bits per heavy atom. The highest BCUT2D eigenvalue weighted by Crippen LogP contribution is 2.27. The van der Waals surface area contributed by atoms with Gasteiger partial charge in [0, 0.05) is 25.2 Å². The number of methoxy groups -OCH3 is 2. The summed E-state index contributed by atoms with van der Waals surface area (Å²) in [5.74, 6) is 1.73. The molecule has 1 N–H and O–H groups in total. The van der Waals surface area contributed by atoms with Gasteiger partial charge in [-0.2, -0.15) is 0 Å². The average molecular weight is 485 g/mol. The van der Waals surface area contributed by atoms with E-state index in [9.17, 15) is 14.4 Å². The molecule has 0 radical (unpaired) electrons. The summed E-state index contributed by atoms with van der Waals surface area (Å²) >= 11 is 0. The summed E-state index contributed by atoms with van der Waals surface area (Å²) in [6.07, 6.45) is 1.11. The van der Waals surface area contributed by atoms with Crippen molar-refractivity contribution in [3.63, 3.8) is 0 Å². The first kappa shape index (κ1) is 25.9. The summed E-state index contributed by atoms with van der Waals surface area (Å²) < 4.78 is 20.3. The molecule has 3 rings (SSSR count). The molecule has 0 aromatic heterocycles. The van der Waals surface area contributed by atoms with Gasteiger partial charge in [0.05, 0.1) is 27.2 Å². The summed E-state index contributed by atoms with van der Waals surface area (Å²) in [5, 5.41) is 3.01. The number of piperidine rings is 1. The first-order chi connectivity index (χ1) is 16.9. The van der Waals surface area contributed by atoms with Gasteiger partial charge in [-0.15, -0.1) is 0 Å². The Kier molecular flexibility index (Phi) is 9.34. The van der Waals surface area contributed by atoms with Crippen LogP contribution in [-0.2, 0) is 16.0 Å². The maximum absolute atomic E-state index is 12.8. The molecule has 1 aliphatic rings. The highest BCUT2D eigenvalue weighted by molar-refractivity contribution is 5.94. The number of ether oxygens (including phenoxy) is 4. The number of likely N-dealkylation sites (tertiary alicyclic amines) is 1. The highest BCUT2D eigenvalue weighted by Gasteiger charge is 2.24. The molecule has 0 spiro atoms. The third-order valence-electron chi connectivity index (χ3n) is 5.87. The van der Waals surface area contributed by atoms with Crippen LogP contribution in [0, 0.1) is 5.92 Å². The minimum atomic E-state index is -0.774. The van der Waals surface area contributed by atoms with E-state index in [-0.39, 0.29) is 24.8 Å².